The molecule has 5 rings (SSSR count). The molecule has 0 bridgehead atoms. The summed E-state index contributed by atoms with van der Waals surface area (Å²) in [6.45, 7) is 3.16. The highest BCUT2D eigenvalue weighted by atomic mass is 32.1. The van der Waals surface area contributed by atoms with Gasteiger partial charge in [0.1, 0.15) is 6.04 Å². The van der Waals surface area contributed by atoms with Crippen molar-refractivity contribution in [1.29, 1.82) is 0 Å². The standard InChI is InChI=1S/C31H36N4O6S/c1-16(30(38)35-31-34-23-8-6-7-9-26(23)42-31)32-22-13-11-19-20(15-24(22)37)21(33-17(2)36)12-10-18-14-25(39-3)28(40-4)29(41-5)27(18)19/h11,13-16,21H,6-10,12H2,1-5H3,(H,32,37)(H,33,36)(H,34,35,38)/t16-,21-/m0/s1. The molecule has 42 heavy (non-hydrogen) atoms. The van der Waals surface area contributed by atoms with Crippen LogP contribution in [0.3, 0.4) is 0 Å². The van der Waals surface area contributed by atoms with E-state index in [4.69, 9.17) is 14.2 Å². The van der Waals surface area contributed by atoms with E-state index in [2.05, 4.69) is 20.9 Å². The number of nitrogens with one attached hydrogen (secondary N) is 3. The largest absolute Gasteiger partial charge is 0.493 e. The molecule has 0 saturated heterocycles. The summed E-state index contributed by atoms with van der Waals surface area (Å²) in [5, 5.41) is 9.58. The Bertz CT molecular complexity index is 1560. The Morgan fingerprint density at radius 2 is 1.79 bits per heavy atom. The second-order valence-electron chi connectivity index (χ2n) is 10.5. The molecular formula is C31H36N4O6S. The molecule has 2 amide bonds. The predicted octanol–water partition coefficient (Wildman–Crippen LogP) is 4.64. The van der Waals surface area contributed by atoms with Gasteiger partial charge in [0.15, 0.2) is 16.6 Å². The summed E-state index contributed by atoms with van der Waals surface area (Å²) < 4.78 is 17.1. The molecule has 0 radical (unpaired) electrons. The fraction of sp³-hybridized carbons (Fsp3) is 0.419. The quantitative estimate of drug-likeness (QED) is 0.345. The van der Waals surface area contributed by atoms with Crippen LogP contribution >= 0.6 is 11.3 Å². The van der Waals surface area contributed by atoms with Gasteiger partial charge >= 0.3 is 0 Å². The molecule has 2 aromatic carbocycles. The number of anilines is 2. The Morgan fingerprint density at radius 1 is 1.02 bits per heavy atom. The van der Waals surface area contributed by atoms with Crippen LogP contribution in [0.1, 0.15) is 60.8 Å². The van der Waals surface area contributed by atoms with Gasteiger partial charge in [0, 0.05) is 17.4 Å². The topological polar surface area (TPSA) is 128 Å². The lowest BCUT2D eigenvalue weighted by molar-refractivity contribution is -0.119. The molecule has 0 aliphatic heterocycles. The summed E-state index contributed by atoms with van der Waals surface area (Å²) in [4.78, 5) is 44.7. The van der Waals surface area contributed by atoms with Crippen LogP contribution < -0.4 is 35.6 Å². The molecule has 10 nitrogen and oxygen atoms in total. The predicted molar refractivity (Wildman–Crippen MR) is 163 cm³/mol. The summed E-state index contributed by atoms with van der Waals surface area (Å²) in [5.74, 6) is 0.951. The monoisotopic (exact) mass is 592 g/mol. The molecule has 0 saturated carbocycles. The Kier molecular flexibility index (Phi) is 8.67. The van der Waals surface area contributed by atoms with Crippen molar-refractivity contribution in [3.8, 4) is 28.4 Å². The van der Waals surface area contributed by atoms with E-state index in [0.29, 0.717) is 40.8 Å². The number of methoxy groups -OCH3 is 3. The lowest BCUT2D eigenvalue weighted by Crippen LogP contribution is -2.33. The summed E-state index contributed by atoms with van der Waals surface area (Å²) in [6, 6.07) is 5.80. The van der Waals surface area contributed by atoms with Crippen molar-refractivity contribution in [3.63, 3.8) is 0 Å². The number of benzene rings is 1. The minimum absolute atomic E-state index is 0.203. The number of rotatable bonds is 8. The Labute approximate surface area is 248 Å². The number of hydrogen-bond acceptors (Lipinski definition) is 9. The van der Waals surface area contributed by atoms with Crippen molar-refractivity contribution in [3.05, 3.63) is 56.2 Å². The Balaban J connectivity index is 1.53. The van der Waals surface area contributed by atoms with Crippen LogP contribution in [0.4, 0.5) is 10.8 Å². The number of aryl methyl sites for hydroxylation is 3. The van der Waals surface area contributed by atoms with Gasteiger partial charge in [-0.3, -0.25) is 14.4 Å². The minimum Gasteiger partial charge on any atom is -0.493 e. The van der Waals surface area contributed by atoms with E-state index in [0.717, 1.165) is 48.1 Å². The lowest BCUT2D eigenvalue weighted by atomic mass is 9.95. The lowest BCUT2D eigenvalue weighted by Gasteiger charge is -2.19. The van der Waals surface area contributed by atoms with E-state index >= 15 is 0 Å². The third-order valence-corrected chi connectivity index (χ3v) is 8.83. The van der Waals surface area contributed by atoms with Gasteiger partial charge in [-0.15, -0.1) is 11.3 Å². The zero-order chi connectivity index (χ0) is 30.0. The third kappa shape index (κ3) is 5.78. The summed E-state index contributed by atoms with van der Waals surface area (Å²) in [5.41, 5.74) is 4.08. The van der Waals surface area contributed by atoms with E-state index in [1.54, 1.807) is 34.3 Å². The van der Waals surface area contributed by atoms with Crippen molar-refractivity contribution in [1.82, 2.24) is 10.3 Å². The van der Waals surface area contributed by atoms with Gasteiger partial charge in [0.25, 0.3) is 0 Å². The maximum Gasteiger partial charge on any atom is 0.248 e. The minimum atomic E-state index is -0.710. The van der Waals surface area contributed by atoms with Crippen molar-refractivity contribution < 1.29 is 23.8 Å². The highest BCUT2D eigenvalue weighted by Gasteiger charge is 2.30. The van der Waals surface area contributed by atoms with Gasteiger partial charge in [-0.1, -0.05) is 6.07 Å². The second-order valence-corrected chi connectivity index (χ2v) is 11.6. The molecule has 2 aliphatic carbocycles. The van der Waals surface area contributed by atoms with E-state index in [1.807, 2.05) is 12.1 Å². The van der Waals surface area contributed by atoms with E-state index < -0.39 is 12.1 Å². The molecule has 3 N–H and O–H groups in total. The molecule has 11 heteroatoms. The van der Waals surface area contributed by atoms with Gasteiger partial charge < -0.3 is 30.2 Å². The molecule has 0 fully saturated rings. The molecule has 1 heterocycles. The normalized spacial score (nSPS) is 16.1. The molecule has 3 aromatic rings. The van der Waals surface area contributed by atoms with Gasteiger partial charge in [-0.05, 0) is 80.3 Å². The van der Waals surface area contributed by atoms with E-state index in [-0.39, 0.29) is 22.9 Å². The van der Waals surface area contributed by atoms with Crippen LogP contribution in [0.25, 0.3) is 11.1 Å². The molecule has 2 atom stereocenters. The Morgan fingerprint density at radius 3 is 2.48 bits per heavy atom. The Hall–Kier alpha value is -4.12. The summed E-state index contributed by atoms with van der Waals surface area (Å²) in [6.07, 6.45) is 5.34. The number of ether oxygens (including phenoxy) is 3. The molecular weight excluding hydrogens is 556 g/mol. The number of nitrogens with zero attached hydrogens (tertiary/aromatic N) is 1. The van der Waals surface area contributed by atoms with Crippen LogP contribution in [-0.2, 0) is 28.9 Å². The highest BCUT2D eigenvalue weighted by molar-refractivity contribution is 7.15. The first-order valence-electron chi connectivity index (χ1n) is 14.1. The molecule has 222 valence electrons. The van der Waals surface area contributed by atoms with Crippen LogP contribution in [0.2, 0.25) is 0 Å². The molecule has 1 aromatic heterocycles. The molecule has 0 spiro atoms. The maximum absolute atomic E-state index is 13.6. The number of carbonyl (C=O) groups excluding carboxylic acids is 2. The summed E-state index contributed by atoms with van der Waals surface area (Å²) in [7, 11) is 4.67. The average Bonchev–Trinajstić information content (AvgIpc) is 3.24. The smallest absolute Gasteiger partial charge is 0.248 e. The van der Waals surface area contributed by atoms with Crippen LogP contribution in [0.5, 0.6) is 17.2 Å². The first kappa shape index (κ1) is 29.4. The van der Waals surface area contributed by atoms with Crippen LogP contribution in [0.15, 0.2) is 29.1 Å². The second kappa shape index (κ2) is 12.4. The van der Waals surface area contributed by atoms with Crippen molar-refractivity contribution in [2.45, 2.75) is 64.5 Å². The number of amides is 2. The summed E-state index contributed by atoms with van der Waals surface area (Å²) >= 11 is 1.52. The number of thiazole rings is 1. The average molecular weight is 593 g/mol. The van der Waals surface area contributed by atoms with E-state index in [1.165, 1.54) is 29.2 Å². The fourth-order valence-corrected chi connectivity index (χ4v) is 6.80. The molecule has 0 unspecified atom stereocenters. The van der Waals surface area contributed by atoms with Gasteiger partial charge in [0.05, 0.1) is 38.8 Å². The number of fused-ring (bicyclic) bond motifs is 4. The van der Waals surface area contributed by atoms with Gasteiger partial charge in [-0.2, -0.15) is 0 Å². The van der Waals surface area contributed by atoms with Crippen molar-refractivity contribution >= 4 is 34.0 Å². The van der Waals surface area contributed by atoms with Crippen LogP contribution in [0, 0.1) is 0 Å². The zero-order valence-electron chi connectivity index (χ0n) is 24.5. The first-order valence-corrected chi connectivity index (χ1v) is 14.9. The van der Waals surface area contributed by atoms with Crippen molar-refractivity contribution in [2.24, 2.45) is 0 Å². The van der Waals surface area contributed by atoms with Gasteiger partial charge in [-0.25, -0.2) is 4.98 Å². The number of hydrogen-bond donors (Lipinski definition) is 3. The van der Waals surface area contributed by atoms with Crippen LogP contribution in [-0.4, -0.2) is 44.2 Å². The number of aromatic nitrogens is 1. The highest BCUT2D eigenvalue weighted by Crippen LogP contribution is 2.50. The first-order chi connectivity index (χ1) is 20.2. The zero-order valence-corrected chi connectivity index (χ0v) is 25.3. The number of carbonyl (C=O) groups is 2. The van der Waals surface area contributed by atoms with E-state index in [9.17, 15) is 14.4 Å². The SMILES string of the molecule is COc1cc2c(c(OC)c1OC)-c1ccc(N[C@@H](C)C(=O)Nc3nc4c(s3)CCCC4)c(=O)cc1[C@@H](NC(C)=O)CC2. The van der Waals surface area contributed by atoms with Gasteiger partial charge in [0.2, 0.25) is 23.0 Å². The maximum atomic E-state index is 13.6. The third-order valence-electron chi connectivity index (χ3n) is 7.76. The fourth-order valence-electron chi connectivity index (χ4n) is 5.74. The molecule has 2 aliphatic rings. The van der Waals surface area contributed by atoms with Crippen molar-refractivity contribution in [2.75, 3.05) is 32.0 Å².